The largest absolute Gasteiger partial charge is 0.381 e. The zero-order chi connectivity index (χ0) is 32.9. The second kappa shape index (κ2) is 14.0. The Kier molecular flexibility index (Phi) is 9.20. The molecule has 2 saturated heterocycles. The quantitative estimate of drug-likeness (QED) is 0.262. The molecule has 0 unspecified atom stereocenters. The third-order valence-electron chi connectivity index (χ3n) is 10.1. The Morgan fingerprint density at radius 3 is 2.54 bits per heavy atom. The van der Waals surface area contributed by atoms with Crippen LogP contribution in [-0.4, -0.2) is 69.2 Å². The van der Waals surface area contributed by atoms with Crippen molar-refractivity contribution in [3.8, 4) is 17.2 Å². The first-order chi connectivity index (χ1) is 23.5. The Bertz CT molecular complexity index is 1740. The smallest absolute Gasteiger partial charge is 0.323 e. The molecule has 12 heteroatoms. The molecule has 12 nitrogen and oxygen atoms in total. The van der Waals surface area contributed by atoms with Gasteiger partial charge in [0.15, 0.2) is 5.82 Å². The number of anilines is 3. The van der Waals surface area contributed by atoms with E-state index in [1.807, 2.05) is 66.8 Å². The summed E-state index contributed by atoms with van der Waals surface area (Å²) >= 11 is 0. The van der Waals surface area contributed by atoms with Crippen LogP contribution in [0.1, 0.15) is 56.1 Å². The molecule has 1 spiro atoms. The summed E-state index contributed by atoms with van der Waals surface area (Å²) in [6.45, 7) is 3.82. The molecular weight excluding hydrogens is 604 g/mol. The first-order valence-corrected chi connectivity index (χ1v) is 16.9. The van der Waals surface area contributed by atoms with Crippen LogP contribution >= 0.6 is 0 Å². The summed E-state index contributed by atoms with van der Waals surface area (Å²) in [4.78, 5) is 32.0. The van der Waals surface area contributed by atoms with Gasteiger partial charge in [-0.05, 0) is 68.1 Å². The van der Waals surface area contributed by atoms with Gasteiger partial charge in [0.25, 0.3) is 0 Å². The van der Waals surface area contributed by atoms with E-state index < -0.39 is 0 Å². The molecule has 48 heavy (non-hydrogen) atoms. The van der Waals surface area contributed by atoms with Crippen LogP contribution < -0.4 is 20.4 Å². The number of aromatic nitrogens is 5. The van der Waals surface area contributed by atoms with Crippen molar-refractivity contribution in [1.82, 2.24) is 30.0 Å². The number of pyridine rings is 1. The number of ether oxygens (including phenoxy) is 1. The number of aryl methyl sites for hydroxylation is 1. The molecule has 7 rings (SSSR count). The molecule has 5 heterocycles. The highest BCUT2D eigenvalue weighted by molar-refractivity contribution is 5.91. The Hall–Kier alpha value is -5.02. The third kappa shape index (κ3) is 6.96. The number of amides is 2. The number of nitrogens with one attached hydrogen (secondary N) is 2. The molecule has 0 bridgehead atoms. The van der Waals surface area contributed by atoms with Crippen LogP contribution in [0.5, 0.6) is 0 Å². The molecule has 2 amide bonds. The van der Waals surface area contributed by atoms with Gasteiger partial charge in [-0.15, -0.1) is 0 Å². The number of carbonyl (C=O) groups is 1. The highest BCUT2D eigenvalue weighted by Crippen LogP contribution is 2.41. The first kappa shape index (κ1) is 31.6. The van der Waals surface area contributed by atoms with Gasteiger partial charge < -0.3 is 20.3 Å². The number of nitriles is 1. The molecule has 4 aromatic rings. The lowest BCUT2D eigenvalue weighted by molar-refractivity contribution is 0.0254. The van der Waals surface area contributed by atoms with Crippen molar-refractivity contribution in [2.45, 2.75) is 63.6 Å². The Morgan fingerprint density at radius 1 is 1.02 bits per heavy atom. The third-order valence-corrected chi connectivity index (χ3v) is 10.1. The van der Waals surface area contributed by atoms with Crippen molar-refractivity contribution in [3.63, 3.8) is 0 Å². The average molecular weight is 647 g/mol. The molecule has 3 aliphatic rings. The highest BCUT2D eigenvalue weighted by atomic mass is 16.5. The fourth-order valence-electron chi connectivity index (χ4n) is 7.34. The predicted octanol–water partition coefficient (Wildman–Crippen LogP) is 5.29. The van der Waals surface area contributed by atoms with E-state index in [0.29, 0.717) is 29.7 Å². The second-order valence-corrected chi connectivity index (χ2v) is 13.3. The molecular formula is C36H42N10O2. The van der Waals surface area contributed by atoms with E-state index in [2.05, 4.69) is 31.7 Å². The normalized spacial score (nSPS) is 20.3. The van der Waals surface area contributed by atoms with Crippen LogP contribution in [0, 0.1) is 16.7 Å². The van der Waals surface area contributed by atoms with Crippen molar-refractivity contribution in [1.29, 1.82) is 5.26 Å². The van der Waals surface area contributed by atoms with E-state index in [-0.39, 0.29) is 23.5 Å². The predicted molar refractivity (Wildman–Crippen MR) is 183 cm³/mol. The number of rotatable bonds is 8. The molecule has 2 aliphatic heterocycles. The minimum Gasteiger partial charge on any atom is -0.381 e. The lowest BCUT2D eigenvalue weighted by atomic mass is 9.80. The summed E-state index contributed by atoms with van der Waals surface area (Å²) in [5.41, 5.74) is 3.71. The number of hydrogen-bond donors (Lipinski definition) is 2. The van der Waals surface area contributed by atoms with Crippen LogP contribution in [0.4, 0.5) is 22.4 Å². The maximum Gasteiger partial charge on any atom is 0.323 e. The molecule has 248 valence electrons. The number of benzene rings is 1. The van der Waals surface area contributed by atoms with Gasteiger partial charge in [0.05, 0.1) is 12.4 Å². The molecule has 0 atom stereocenters. The van der Waals surface area contributed by atoms with Gasteiger partial charge in [0.2, 0.25) is 5.95 Å². The molecule has 1 aromatic carbocycles. The average Bonchev–Trinajstić information content (AvgIpc) is 3.75. The Labute approximate surface area is 281 Å². The summed E-state index contributed by atoms with van der Waals surface area (Å²) in [6.07, 6.45) is 13.7. The summed E-state index contributed by atoms with van der Waals surface area (Å²) in [5.74, 6) is 1.89. The monoisotopic (exact) mass is 646 g/mol. The van der Waals surface area contributed by atoms with E-state index in [1.165, 1.54) is 0 Å². The summed E-state index contributed by atoms with van der Waals surface area (Å²) < 4.78 is 7.38. The fraction of sp³-hybridized carbons (Fsp3) is 0.444. The van der Waals surface area contributed by atoms with Crippen LogP contribution in [0.15, 0.2) is 67.3 Å². The minimum atomic E-state index is -0.162. The van der Waals surface area contributed by atoms with Gasteiger partial charge in [-0.3, -0.25) is 9.58 Å². The standard InChI is InChI=1S/C36H42N10O2/c1-44-24-29(23-41-44)27-7-12-32(38-21-27)46(35(47)40-20-26-5-3-2-4-6-26)31-10-8-30(9-11-31)42-34-39-22-28(19-37)33(43-34)45-16-13-36(25-45)14-17-48-18-15-36/h2-7,12,21-24,30-31H,8-11,13-18,20,25H2,1H3,(H,40,47)(H,39,42,43). The zero-order valence-electron chi connectivity index (χ0n) is 27.4. The number of hydrogen-bond acceptors (Lipinski definition) is 9. The van der Waals surface area contributed by atoms with Crippen molar-refractivity contribution in [3.05, 3.63) is 78.4 Å². The number of carbonyl (C=O) groups excluding carboxylic acids is 1. The van der Waals surface area contributed by atoms with Gasteiger partial charge in [-0.25, -0.2) is 14.8 Å². The maximum absolute atomic E-state index is 13.8. The lowest BCUT2D eigenvalue weighted by Crippen LogP contribution is -2.49. The summed E-state index contributed by atoms with van der Waals surface area (Å²) in [7, 11) is 1.89. The molecule has 3 aromatic heterocycles. The van der Waals surface area contributed by atoms with E-state index in [0.717, 1.165) is 87.9 Å². The minimum absolute atomic E-state index is 0.0201. The molecule has 0 radical (unpaired) electrons. The summed E-state index contributed by atoms with van der Waals surface area (Å²) in [6, 6.07) is 16.1. The highest BCUT2D eigenvalue weighted by Gasteiger charge is 2.40. The van der Waals surface area contributed by atoms with Gasteiger partial charge in [0, 0.05) is 75.5 Å². The van der Waals surface area contributed by atoms with Crippen LogP contribution in [0.2, 0.25) is 0 Å². The van der Waals surface area contributed by atoms with Crippen molar-refractivity contribution < 1.29 is 9.53 Å². The van der Waals surface area contributed by atoms with Gasteiger partial charge in [0.1, 0.15) is 17.5 Å². The van der Waals surface area contributed by atoms with Gasteiger partial charge in [-0.2, -0.15) is 15.3 Å². The van der Waals surface area contributed by atoms with Crippen molar-refractivity contribution >= 4 is 23.6 Å². The van der Waals surface area contributed by atoms with Crippen LogP contribution in [0.25, 0.3) is 11.1 Å². The SMILES string of the molecule is Cn1cc(-c2ccc(N(C(=O)NCc3ccccc3)C3CCC(Nc4ncc(C#N)c(N5CCC6(CCOCC6)C5)n4)CC3)nc2)cn1. The van der Waals surface area contributed by atoms with Crippen molar-refractivity contribution in [2.24, 2.45) is 12.5 Å². The molecule has 2 N–H and O–H groups in total. The van der Waals surface area contributed by atoms with Crippen LogP contribution in [0.3, 0.4) is 0 Å². The van der Waals surface area contributed by atoms with E-state index >= 15 is 0 Å². The summed E-state index contributed by atoms with van der Waals surface area (Å²) in [5, 5.41) is 20.8. The topological polar surface area (TPSA) is 137 Å². The lowest BCUT2D eigenvalue weighted by Gasteiger charge is -2.36. The number of nitrogens with zero attached hydrogens (tertiary/aromatic N) is 8. The van der Waals surface area contributed by atoms with Gasteiger partial charge in [-0.1, -0.05) is 30.3 Å². The Balaban J connectivity index is 1.03. The van der Waals surface area contributed by atoms with E-state index in [1.54, 1.807) is 17.1 Å². The zero-order valence-corrected chi connectivity index (χ0v) is 27.4. The maximum atomic E-state index is 13.8. The first-order valence-electron chi connectivity index (χ1n) is 16.9. The Morgan fingerprint density at radius 2 is 1.83 bits per heavy atom. The second-order valence-electron chi connectivity index (χ2n) is 13.3. The van der Waals surface area contributed by atoms with Gasteiger partial charge >= 0.3 is 6.03 Å². The van der Waals surface area contributed by atoms with Crippen LogP contribution in [-0.2, 0) is 18.3 Å². The molecule has 1 saturated carbocycles. The van der Waals surface area contributed by atoms with E-state index in [4.69, 9.17) is 14.7 Å². The fourth-order valence-corrected chi connectivity index (χ4v) is 7.34. The van der Waals surface area contributed by atoms with Crippen molar-refractivity contribution in [2.75, 3.05) is 41.4 Å². The number of urea groups is 1. The molecule has 3 fully saturated rings. The molecule has 1 aliphatic carbocycles. The van der Waals surface area contributed by atoms with E-state index in [9.17, 15) is 10.1 Å².